The van der Waals surface area contributed by atoms with E-state index in [9.17, 15) is 0 Å². The molecule has 0 aliphatic rings. The maximum atomic E-state index is 5.11. The van der Waals surface area contributed by atoms with Crippen LogP contribution in [-0.2, 0) is 0 Å². The van der Waals surface area contributed by atoms with Crippen molar-refractivity contribution in [2.75, 3.05) is 0 Å². The SMILES string of the molecule is c1ccc(-c2ccc(-c3ccc4cc(-c5ccc6ccc(-c7ccc(-c8ccc9ccc%10cccnc%10c9n8)cc7)nc6c5)ccc4n3)cc2)cc1. The zero-order valence-electron chi connectivity index (χ0n) is 28.1. The molecule has 0 N–H and O–H groups in total. The van der Waals surface area contributed by atoms with E-state index in [0.717, 1.165) is 88.5 Å². The first-order chi connectivity index (χ1) is 25.7. The molecule has 10 rings (SSSR count). The fourth-order valence-corrected chi connectivity index (χ4v) is 7.08. The van der Waals surface area contributed by atoms with Crippen LogP contribution in [0.4, 0.5) is 0 Å². The lowest BCUT2D eigenvalue weighted by Gasteiger charge is -2.09. The van der Waals surface area contributed by atoms with Gasteiger partial charge in [0.15, 0.2) is 0 Å². The van der Waals surface area contributed by atoms with E-state index >= 15 is 0 Å². The summed E-state index contributed by atoms with van der Waals surface area (Å²) in [7, 11) is 0. The average Bonchev–Trinajstić information content (AvgIpc) is 3.23. The van der Waals surface area contributed by atoms with E-state index < -0.39 is 0 Å². The Labute approximate surface area is 300 Å². The molecule has 52 heavy (non-hydrogen) atoms. The number of aromatic nitrogens is 4. The minimum Gasteiger partial charge on any atom is -0.254 e. The van der Waals surface area contributed by atoms with E-state index in [1.165, 1.54) is 11.1 Å². The smallest absolute Gasteiger partial charge is 0.0972 e. The van der Waals surface area contributed by atoms with Crippen molar-refractivity contribution in [1.29, 1.82) is 0 Å². The standard InChI is InChI=1S/C48H30N4/c1-2-5-31(6-3-1)32-8-10-33(11-9-32)42-27-23-41-29-39(22-26-45(41)50-42)40-19-16-36-20-24-43(51-46(36)30-40)34-12-14-35(15-13-34)44-25-21-38-18-17-37-7-4-28-49-47(37)48(38)52-44/h1-30H. The molecule has 0 radical (unpaired) electrons. The number of hydrogen-bond acceptors (Lipinski definition) is 4. The Morgan fingerprint density at radius 3 is 1.50 bits per heavy atom. The van der Waals surface area contributed by atoms with E-state index in [2.05, 4.69) is 169 Å². The number of fused-ring (bicyclic) bond motifs is 5. The van der Waals surface area contributed by atoms with Crippen molar-refractivity contribution in [2.45, 2.75) is 0 Å². The Morgan fingerprint density at radius 1 is 0.269 bits per heavy atom. The van der Waals surface area contributed by atoms with Crippen LogP contribution in [0, 0.1) is 0 Å². The van der Waals surface area contributed by atoms with Gasteiger partial charge in [-0.15, -0.1) is 0 Å². The lowest BCUT2D eigenvalue weighted by molar-refractivity contribution is 1.36. The van der Waals surface area contributed by atoms with Crippen molar-refractivity contribution in [3.8, 4) is 56.0 Å². The first kappa shape index (κ1) is 29.8. The van der Waals surface area contributed by atoms with Gasteiger partial charge < -0.3 is 0 Å². The minimum absolute atomic E-state index is 0.920. The lowest BCUT2D eigenvalue weighted by Crippen LogP contribution is -1.90. The molecule has 0 atom stereocenters. The maximum absolute atomic E-state index is 5.11. The summed E-state index contributed by atoms with van der Waals surface area (Å²) in [5.41, 5.74) is 14.5. The molecule has 0 fully saturated rings. The highest BCUT2D eigenvalue weighted by molar-refractivity contribution is 6.03. The van der Waals surface area contributed by atoms with Gasteiger partial charge in [0.2, 0.25) is 0 Å². The normalized spacial score (nSPS) is 11.5. The van der Waals surface area contributed by atoms with E-state index in [-0.39, 0.29) is 0 Å². The first-order valence-electron chi connectivity index (χ1n) is 17.5. The van der Waals surface area contributed by atoms with Crippen LogP contribution in [0.5, 0.6) is 0 Å². The van der Waals surface area contributed by atoms with Gasteiger partial charge in [-0.1, -0.05) is 133 Å². The minimum atomic E-state index is 0.920. The quantitative estimate of drug-likeness (QED) is 0.172. The average molecular weight is 663 g/mol. The van der Waals surface area contributed by atoms with Crippen LogP contribution in [0.1, 0.15) is 0 Å². The van der Waals surface area contributed by atoms with Crippen molar-refractivity contribution in [2.24, 2.45) is 0 Å². The van der Waals surface area contributed by atoms with Gasteiger partial charge in [0.1, 0.15) is 0 Å². The highest BCUT2D eigenvalue weighted by Gasteiger charge is 2.10. The number of rotatable bonds is 5. The Bertz CT molecular complexity index is 2940. The molecule has 242 valence electrons. The summed E-state index contributed by atoms with van der Waals surface area (Å²) in [6, 6.07) is 61.5. The molecule has 0 saturated carbocycles. The van der Waals surface area contributed by atoms with Crippen molar-refractivity contribution in [3.05, 3.63) is 182 Å². The van der Waals surface area contributed by atoms with Crippen LogP contribution in [0.25, 0.3) is 99.6 Å². The predicted octanol–water partition coefficient (Wildman–Crippen LogP) is 12.2. The molecular weight excluding hydrogens is 633 g/mol. The Kier molecular flexibility index (Phi) is 7.10. The third kappa shape index (κ3) is 5.44. The van der Waals surface area contributed by atoms with Gasteiger partial charge in [0, 0.05) is 44.4 Å². The lowest BCUT2D eigenvalue weighted by atomic mass is 10.00. The van der Waals surface area contributed by atoms with Gasteiger partial charge in [-0.05, 0) is 64.7 Å². The molecule has 0 unspecified atom stereocenters. The van der Waals surface area contributed by atoms with Crippen molar-refractivity contribution in [3.63, 3.8) is 0 Å². The number of benzene rings is 6. The van der Waals surface area contributed by atoms with Crippen molar-refractivity contribution < 1.29 is 0 Å². The number of pyridine rings is 4. The first-order valence-corrected chi connectivity index (χ1v) is 17.5. The van der Waals surface area contributed by atoms with Gasteiger partial charge in [0.05, 0.1) is 39.1 Å². The van der Waals surface area contributed by atoms with E-state index in [1.807, 2.05) is 18.3 Å². The summed E-state index contributed by atoms with van der Waals surface area (Å²) < 4.78 is 0. The van der Waals surface area contributed by atoms with E-state index in [1.54, 1.807) is 0 Å². The third-order valence-electron chi connectivity index (χ3n) is 9.91. The van der Waals surface area contributed by atoms with Crippen molar-refractivity contribution >= 4 is 43.6 Å². The summed E-state index contributed by atoms with van der Waals surface area (Å²) in [5.74, 6) is 0. The molecule has 4 heteroatoms. The molecule has 0 aliphatic carbocycles. The molecule has 0 aliphatic heterocycles. The van der Waals surface area contributed by atoms with Gasteiger partial charge in [0.25, 0.3) is 0 Å². The van der Waals surface area contributed by atoms with Gasteiger partial charge in [-0.2, -0.15) is 0 Å². The monoisotopic (exact) mass is 662 g/mol. The van der Waals surface area contributed by atoms with Crippen LogP contribution in [0.3, 0.4) is 0 Å². The molecule has 0 spiro atoms. The van der Waals surface area contributed by atoms with E-state index in [4.69, 9.17) is 15.0 Å². The molecule has 6 aromatic carbocycles. The molecule has 4 aromatic heterocycles. The second-order valence-electron chi connectivity index (χ2n) is 13.1. The summed E-state index contributed by atoms with van der Waals surface area (Å²) in [6.07, 6.45) is 1.83. The maximum Gasteiger partial charge on any atom is 0.0972 e. The Balaban J connectivity index is 0.917. The van der Waals surface area contributed by atoms with Crippen molar-refractivity contribution in [1.82, 2.24) is 19.9 Å². The molecule has 0 bridgehead atoms. The Hall–Kier alpha value is -7.04. The summed E-state index contributed by atoms with van der Waals surface area (Å²) in [5, 5.41) is 4.39. The number of hydrogen-bond donors (Lipinski definition) is 0. The predicted molar refractivity (Wildman–Crippen MR) is 215 cm³/mol. The molecule has 4 heterocycles. The zero-order chi connectivity index (χ0) is 34.4. The van der Waals surface area contributed by atoms with Gasteiger partial charge in [-0.3, -0.25) is 4.98 Å². The number of nitrogens with zero attached hydrogens (tertiary/aromatic N) is 4. The molecule has 4 nitrogen and oxygen atoms in total. The second-order valence-corrected chi connectivity index (χ2v) is 13.1. The molecule has 10 aromatic rings. The van der Waals surface area contributed by atoms with Crippen LogP contribution in [0.2, 0.25) is 0 Å². The zero-order valence-corrected chi connectivity index (χ0v) is 28.1. The van der Waals surface area contributed by atoms with Crippen LogP contribution in [-0.4, -0.2) is 19.9 Å². The highest BCUT2D eigenvalue weighted by Crippen LogP contribution is 2.32. The third-order valence-corrected chi connectivity index (χ3v) is 9.91. The summed E-state index contributed by atoms with van der Waals surface area (Å²) >= 11 is 0. The fraction of sp³-hybridized carbons (Fsp3) is 0. The topological polar surface area (TPSA) is 51.6 Å². The van der Waals surface area contributed by atoms with Crippen LogP contribution < -0.4 is 0 Å². The Morgan fingerprint density at radius 2 is 0.769 bits per heavy atom. The summed E-state index contributed by atoms with van der Waals surface area (Å²) in [4.78, 5) is 19.7. The molecular formula is C48H30N4. The van der Waals surface area contributed by atoms with Gasteiger partial charge >= 0.3 is 0 Å². The second kappa shape index (κ2) is 12.4. The summed E-state index contributed by atoms with van der Waals surface area (Å²) in [6.45, 7) is 0. The van der Waals surface area contributed by atoms with Crippen LogP contribution >= 0.6 is 0 Å². The highest BCUT2D eigenvalue weighted by atomic mass is 14.8. The molecule has 0 amide bonds. The van der Waals surface area contributed by atoms with E-state index in [0.29, 0.717) is 0 Å². The molecule has 0 saturated heterocycles. The van der Waals surface area contributed by atoms with Gasteiger partial charge in [-0.25, -0.2) is 15.0 Å². The van der Waals surface area contributed by atoms with Crippen LogP contribution in [0.15, 0.2) is 182 Å². The largest absolute Gasteiger partial charge is 0.254 e. The fourth-order valence-electron chi connectivity index (χ4n) is 7.08.